The summed E-state index contributed by atoms with van der Waals surface area (Å²) in [6.45, 7) is 0. The molecule has 0 N–H and O–H groups in total. The average molecular weight is 361 g/mol. The lowest BCUT2D eigenvalue weighted by molar-refractivity contribution is -0.145. The number of hydrogen-bond donors (Lipinski definition) is 0. The second kappa shape index (κ2) is 5.99. The van der Waals surface area contributed by atoms with Crippen molar-refractivity contribution < 1.29 is 13.2 Å². The molecule has 0 fully saturated rings. The molecule has 3 heterocycles. The van der Waals surface area contributed by atoms with Gasteiger partial charge in [0.05, 0.1) is 16.7 Å². The summed E-state index contributed by atoms with van der Waals surface area (Å²) in [5.74, 6) is -0.587. The monoisotopic (exact) mass is 361 g/mol. The molecule has 3 aromatic heterocycles. The highest BCUT2D eigenvalue weighted by Gasteiger charge is 2.38. The lowest BCUT2D eigenvalue weighted by Crippen LogP contribution is -2.11. The average Bonchev–Trinajstić information content (AvgIpc) is 3.06. The molecular formula is C16H10F3N5S. The molecule has 0 amide bonds. The fourth-order valence-corrected chi connectivity index (χ4v) is 3.34. The molecule has 0 saturated carbocycles. The van der Waals surface area contributed by atoms with Crippen LogP contribution in [0.15, 0.2) is 53.7 Å². The third kappa shape index (κ3) is 2.91. The highest BCUT2D eigenvalue weighted by molar-refractivity contribution is 7.98. The van der Waals surface area contributed by atoms with Crippen LogP contribution >= 0.6 is 11.8 Å². The van der Waals surface area contributed by atoms with Gasteiger partial charge in [-0.05, 0) is 24.3 Å². The van der Waals surface area contributed by atoms with Gasteiger partial charge in [-0.3, -0.25) is 9.38 Å². The van der Waals surface area contributed by atoms with Crippen LogP contribution in [0, 0.1) is 0 Å². The molecular weight excluding hydrogens is 351 g/mol. The molecule has 126 valence electrons. The Morgan fingerprint density at radius 3 is 2.56 bits per heavy atom. The maximum atomic E-state index is 13.3. The molecule has 0 atom stereocenters. The summed E-state index contributed by atoms with van der Waals surface area (Å²) in [5, 5.41) is 7.47. The molecule has 1 aromatic carbocycles. The minimum absolute atomic E-state index is 0.0898. The van der Waals surface area contributed by atoms with E-state index in [0.29, 0.717) is 21.8 Å². The maximum absolute atomic E-state index is 13.3. The van der Waals surface area contributed by atoms with Crippen LogP contribution in [0.5, 0.6) is 0 Å². The van der Waals surface area contributed by atoms with Crippen molar-refractivity contribution in [1.29, 1.82) is 0 Å². The number of fused-ring (bicyclic) bond motifs is 3. The van der Waals surface area contributed by atoms with Gasteiger partial charge in [-0.15, -0.1) is 10.2 Å². The van der Waals surface area contributed by atoms with Crippen LogP contribution < -0.4 is 0 Å². The first-order valence-electron chi connectivity index (χ1n) is 7.28. The lowest BCUT2D eigenvalue weighted by Gasteiger charge is -2.09. The van der Waals surface area contributed by atoms with E-state index in [0.717, 1.165) is 10.1 Å². The second-order valence-corrected chi connectivity index (χ2v) is 6.16. The van der Waals surface area contributed by atoms with Crippen molar-refractivity contribution in [3.8, 4) is 0 Å². The summed E-state index contributed by atoms with van der Waals surface area (Å²) >= 11 is 1.28. The molecule has 4 rings (SSSR count). The van der Waals surface area contributed by atoms with Crippen LogP contribution in [0.1, 0.15) is 11.5 Å². The number of nitrogens with zero attached hydrogens (tertiary/aromatic N) is 5. The molecule has 5 nitrogen and oxygen atoms in total. The van der Waals surface area contributed by atoms with E-state index in [1.165, 1.54) is 11.8 Å². The maximum Gasteiger partial charge on any atom is 0.452 e. The van der Waals surface area contributed by atoms with Crippen molar-refractivity contribution in [1.82, 2.24) is 24.6 Å². The smallest absolute Gasteiger partial charge is 0.267 e. The van der Waals surface area contributed by atoms with Crippen molar-refractivity contribution in [3.05, 3.63) is 60.2 Å². The molecule has 0 spiro atoms. The van der Waals surface area contributed by atoms with E-state index >= 15 is 0 Å². The summed E-state index contributed by atoms with van der Waals surface area (Å²) in [6, 6.07) is 12.1. The van der Waals surface area contributed by atoms with Gasteiger partial charge in [0.15, 0.2) is 5.65 Å². The Kier molecular flexibility index (Phi) is 3.79. The zero-order chi connectivity index (χ0) is 17.4. The standard InChI is InChI=1S/C16H10F3N5S/c17-16(18,19)15-23-22-13-14(25-9-10-5-3-4-8-20-10)21-11-6-1-2-7-12(11)24(13)15/h1-8H,9H2. The number of hydrogen-bond acceptors (Lipinski definition) is 5. The first kappa shape index (κ1) is 15.8. The van der Waals surface area contributed by atoms with Crippen molar-refractivity contribution in [3.63, 3.8) is 0 Å². The summed E-state index contributed by atoms with van der Waals surface area (Å²) in [4.78, 5) is 8.67. The van der Waals surface area contributed by atoms with Gasteiger partial charge < -0.3 is 0 Å². The number of pyridine rings is 1. The first-order chi connectivity index (χ1) is 12.0. The summed E-state index contributed by atoms with van der Waals surface area (Å²) in [5.41, 5.74) is 1.66. The number of benzene rings is 1. The number of thioether (sulfide) groups is 1. The molecule has 0 aliphatic rings. The van der Waals surface area contributed by atoms with Gasteiger partial charge in [0.25, 0.3) is 0 Å². The van der Waals surface area contributed by atoms with Crippen molar-refractivity contribution in [2.45, 2.75) is 17.0 Å². The molecule has 4 aromatic rings. The van der Waals surface area contributed by atoms with E-state index in [4.69, 9.17) is 0 Å². The molecule has 0 radical (unpaired) electrons. The van der Waals surface area contributed by atoms with Gasteiger partial charge in [0, 0.05) is 11.9 Å². The minimum atomic E-state index is -4.60. The number of aromatic nitrogens is 5. The highest BCUT2D eigenvalue weighted by atomic mass is 32.2. The van der Waals surface area contributed by atoms with Gasteiger partial charge in [0.1, 0.15) is 5.03 Å². The van der Waals surface area contributed by atoms with Crippen LogP contribution in [0.25, 0.3) is 16.7 Å². The van der Waals surface area contributed by atoms with E-state index in [2.05, 4.69) is 20.2 Å². The van der Waals surface area contributed by atoms with E-state index in [9.17, 15) is 13.2 Å². The predicted molar refractivity (Wildman–Crippen MR) is 87.1 cm³/mol. The molecule has 0 aliphatic carbocycles. The fourth-order valence-electron chi connectivity index (χ4n) is 2.46. The summed E-state index contributed by atoms with van der Waals surface area (Å²) in [6.07, 6.45) is -2.94. The number of rotatable bonds is 3. The van der Waals surface area contributed by atoms with Gasteiger partial charge in [-0.1, -0.05) is 30.0 Å². The summed E-state index contributed by atoms with van der Waals surface area (Å²) < 4.78 is 40.9. The first-order valence-corrected chi connectivity index (χ1v) is 8.26. The Balaban J connectivity index is 1.87. The fraction of sp³-hybridized carbons (Fsp3) is 0.125. The Morgan fingerprint density at radius 2 is 1.80 bits per heavy atom. The lowest BCUT2D eigenvalue weighted by atomic mass is 10.3. The largest absolute Gasteiger partial charge is 0.452 e. The minimum Gasteiger partial charge on any atom is -0.267 e. The Labute approximate surface area is 143 Å². The Bertz CT molecular complexity index is 1050. The van der Waals surface area contributed by atoms with Crippen LogP contribution in [0.2, 0.25) is 0 Å². The molecule has 0 aliphatic heterocycles. The molecule has 25 heavy (non-hydrogen) atoms. The number of para-hydroxylation sites is 2. The van der Waals surface area contributed by atoms with E-state index in [-0.39, 0.29) is 5.65 Å². The summed E-state index contributed by atoms with van der Waals surface area (Å²) in [7, 11) is 0. The van der Waals surface area contributed by atoms with Crippen LogP contribution in [0.4, 0.5) is 13.2 Å². The van der Waals surface area contributed by atoms with Gasteiger partial charge in [0.2, 0.25) is 5.82 Å². The quantitative estimate of drug-likeness (QED) is 0.517. The van der Waals surface area contributed by atoms with E-state index in [1.54, 1.807) is 36.5 Å². The van der Waals surface area contributed by atoms with Crippen LogP contribution in [-0.4, -0.2) is 24.6 Å². The van der Waals surface area contributed by atoms with Gasteiger partial charge >= 0.3 is 6.18 Å². The zero-order valence-corrected chi connectivity index (χ0v) is 13.4. The Morgan fingerprint density at radius 1 is 1.00 bits per heavy atom. The second-order valence-electron chi connectivity index (χ2n) is 5.20. The Hall–Kier alpha value is -2.68. The number of halogens is 3. The van der Waals surface area contributed by atoms with E-state index in [1.807, 2.05) is 12.1 Å². The molecule has 0 unspecified atom stereocenters. The van der Waals surface area contributed by atoms with Crippen LogP contribution in [0.3, 0.4) is 0 Å². The molecule has 9 heteroatoms. The zero-order valence-electron chi connectivity index (χ0n) is 12.6. The van der Waals surface area contributed by atoms with Gasteiger partial charge in [-0.25, -0.2) is 4.98 Å². The predicted octanol–water partition coefficient (Wildman–Crippen LogP) is 3.98. The normalized spacial score (nSPS) is 12.1. The third-order valence-corrected chi connectivity index (χ3v) is 4.52. The van der Waals surface area contributed by atoms with Crippen molar-refractivity contribution in [2.24, 2.45) is 0 Å². The molecule has 0 bridgehead atoms. The third-order valence-electron chi connectivity index (χ3n) is 3.54. The topological polar surface area (TPSA) is 56.0 Å². The van der Waals surface area contributed by atoms with Gasteiger partial charge in [-0.2, -0.15) is 13.2 Å². The van der Waals surface area contributed by atoms with E-state index < -0.39 is 12.0 Å². The molecule has 0 saturated heterocycles. The SMILES string of the molecule is FC(F)(F)c1nnc2c(SCc3ccccn3)nc3ccccc3n12. The van der Waals surface area contributed by atoms with Crippen molar-refractivity contribution in [2.75, 3.05) is 0 Å². The highest BCUT2D eigenvalue weighted by Crippen LogP contribution is 2.33. The number of alkyl halides is 3. The van der Waals surface area contributed by atoms with Crippen molar-refractivity contribution >= 4 is 28.4 Å². The van der Waals surface area contributed by atoms with Crippen LogP contribution in [-0.2, 0) is 11.9 Å².